The van der Waals surface area contributed by atoms with E-state index < -0.39 is 9.84 Å². The highest BCUT2D eigenvalue weighted by molar-refractivity contribution is 7.91. The van der Waals surface area contributed by atoms with Crippen LogP contribution in [0.4, 0.5) is 0 Å². The molecule has 0 spiro atoms. The number of hydrogen-bond donors (Lipinski definition) is 1. The molecule has 1 saturated heterocycles. The number of sulfone groups is 1. The molecule has 2 heterocycles. The van der Waals surface area contributed by atoms with E-state index in [0.717, 1.165) is 11.3 Å². The Labute approximate surface area is 141 Å². The maximum atomic E-state index is 11.9. The van der Waals surface area contributed by atoms with Crippen molar-refractivity contribution in [3.05, 3.63) is 48.3 Å². The predicted molar refractivity (Wildman–Crippen MR) is 91.7 cm³/mol. The minimum Gasteiger partial charge on any atom is -0.356 e. The molecular formula is C17H21N3O3S. The van der Waals surface area contributed by atoms with E-state index in [1.54, 1.807) is 10.9 Å². The van der Waals surface area contributed by atoms with Gasteiger partial charge in [0.05, 0.1) is 23.4 Å². The molecule has 1 atom stereocenters. The summed E-state index contributed by atoms with van der Waals surface area (Å²) in [6.45, 7) is 0.446. The Morgan fingerprint density at radius 3 is 2.79 bits per heavy atom. The van der Waals surface area contributed by atoms with Gasteiger partial charge in [0, 0.05) is 19.2 Å². The maximum absolute atomic E-state index is 11.9. The number of carbonyl (C=O) groups excluding carboxylic acids is 1. The number of aromatic nitrogens is 2. The van der Waals surface area contributed by atoms with Crippen LogP contribution in [0.25, 0.3) is 5.69 Å². The molecule has 128 valence electrons. The van der Waals surface area contributed by atoms with Crippen molar-refractivity contribution >= 4 is 15.7 Å². The van der Waals surface area contributed by atoms with Crippen LogP contribution >= 0.6 is 0 Å². The number of amides is 1. The summed E-state index contributed by atoms with van der Waals surface area (Å²) in [6, 6.07) is 9.80. The number of benzene rings is 1. The van der Waals surface area contributed by atoms with Crippen LogP contribution < -0.4 is 5.32 Å². The van der Waals surface area contributed by atoms with Gasteiger partial charge in [-0.15, -0.1) is 0 Å². The lowest BCUT2D eigenvalue weighted by molar-refractivity contribution is -0.121. The van der Waals surface area contributed by atoms with Crippen LogP contribution in [-0.2, 0) is 21.1 Å². The third kappa shape index (κ3) is 4.44. The molecule has 1 fully saturated rings. The first kappa shape index (κ1) is 16.7. The van der Waals surface area contributed by atoms with Crippen molar-refractivity contribution in [2.45, 2.75) is 19.3 Å². The quantitative estimate of drug-likeness (QED) is 0.855. The van der Waals surface area contributed by atoms with Crippen LogP contribution in [-0.4, -0.2) is 42.2 Å². The second-order valence-electron chi connectivity index (χ2n) is 6.20. The summed E-state index contributed by atoms with van der Waals surface area (Å²) in [5.74, 6) is 0.440. The van der Waals surface area contributed by atoms with Gasteiger partial charge in [-0.05, 0) is 36.5 Å². The molecule has 1 aromatic carbocycles. The van der Waals surface area contributed by atoms with Crippen molar-refractivity contribution < 1.29 is 13.2 Å². The average Bonchev–Trinajstić information content (AvgIpc) is 3.18. The molecule has 2 aromatic rings. The van der Waals surface area contributed by atoms with Gasteiger partial charge in [-0.1, -0.05) is 18.2 Å². The third-order valence-electron chi connectivity index (χ3n) is 4.21. The molecule has 3 rings (SSSR count). The Hall–Kier alpha value is -2.15. The topological polar surface area (TPSA) is 81.1 Å². The highest BCUT2D eigenvalue weighted by Gasteiger charge is 2.27. The summed E-state index contributed by atoms with van der Waals surface area (Å²) in [4.78, 5) is 11.9. The largest absolute Gasteiger partial charge is 0.356 e. The fourth-order valence-corrected chi connectivity index (χ4v) is 4.71. The molecule has 1 aliphatic rings. The van der Waals surface area contributed by atoms with Gasteiger partial charge in [-0.3, -0.25) is 4.79 Å². The fourth-order valence-electron chi connectivity index (χ4n) is 2.85. The van der Waals surface area contributed by atoms with Gasteiger partial charge in [0.15, 0.2) is 9.84 Å². The second-order valence-corrected chi connectivity index (χ2v) is 8.43. The molecule has 7 heteroatoms. The highest BCUT2D eigenvalue weighted by Crippen LogP contribution is 2.17. The Bertz CT molecular complexity index is 799. The summed E-state index contributed by atoms with van der Waals surface area (Å²) in [7, 11) is -2.88. The van der Waals surface area contributed by atoms with Gasteiger partial charge in [-0.2, -0.15) is 5.10 Å². The van der Waals surface area contributed by atoms with Crippen LogP contribution in [0, 0.1) is 5.92 Å². The predicted octanol–water partition coefficient (Wildman–Crippen LogP) is 1.36. The molecule has 0 radical (unpaired) electrons. The Morgan fingerprint density at radius 1 is 1.29 bits per heavy atom. The zero-order valence-corrected chi connectivity index (χ0v) is 14.2. The summed E-state index contributed by atoms with van der Waals surface area (Å²) >= 11 is 0. The van der Waals surface area contributed by atoms with E-state index in [2.05, 4.69) is 10.4 Å². The lowest BCUT2D eigenvalue weighted by Crippen LogP contribution is -2.29. The minimum absolute atomic E-state index is 0.0493. The molecule has 1 aromatic heterocycles. The van der Waals surface area contributed by atoms with Crippen molar-refractivity contribution in [2.75, 3.05) is 18.1 Å². The Balaban J connectivity index is 1.44. The number of nitrogens with zero attached hydrogens (tertiary/aromatic N) is 2. The van der Waals surface area contributed by atoms with Gasteiger partial charge in [0.25, 0.3) is 0 Å². The van der Waals surface area contributed by atoms with Crippen LogP contribution in [0.15, 0.2) is 42.7 Å². The van der Waals surface area contributed by atoms with E-state index in [-0.39, 0.29) is 23.3 Å². The van der Waals surface area contributed by atoms with Gasteiger partial charge >= 0.3 is 0 Å². The average molecular weight is 347 g/mol. The lowest BCUT2D eigenvalue weighted by atomic mass is 10.1. The second kappa shape index (κ2) is 7.17. The molecule has 1 N–H and O–H groups in total. The van der Waals surface area contributed by atoms with E-state index in [1.807, 2.05) is 36.5 Å². The fraction of sp³-hybridized carbons (Fsp3) is 0.412. The minimum atomic E-state index is -2.88. The maximum Gasteiger partial charge on any atom is 0.220 e. The van der Waals surface area contributed by atoms with Crippen LogP contribution in [0.3, 0.4) is 0 Å². The SMILES string of the molecule is O=C(CCc1cnn(-c2ccccc2)c1)NC[C@H]1CCS(=O)(=O)C1. The molecule has 1 amide bonds. The van der Waals surface area contributed by atoms with Gasteiger partial charge in [0.1, 0.15) is 0 Å². The molecule has 0 bridgehead atoms. The number of para-hydroxylation sites is 1. The molecule has 6 nitrogen and oxygen atoms in total. The van der Waals surface area contributed by atoms with Gasteiger partial charge in [0.2, 0.25) is 5.91 Å². The van der Waals surface area contributed by atoms with E-state index in [0.29, 0.717) is 25.8 Å². The third-order valence-corrected chi connectivity index (χ3v) is 6.05. The number of rotatable bonds is 6. The Morgan fingerprint density at radius 2 is 2.08 bits per heavy atom. The zero-order chi connectivity index (χ0) is 17.0. The number of aryl methyl sites for hydroxylation is 1. The van der Waals surface area contributed by atoms with E-state index >= 15 is 0 Å². The summed E-state index contributed by atoms with van der Waals surface area (Å²) in [6.07, 6.45) is 5.32. The Kier molecular flexibility index (Phi) is 4.99. The van der Waals surface area contributed by atoms with Crippen LogP contribution in [0.5, 0.6) is 0 Å². The number of nitrogens with one attached hydrogen (secondary N) is 1. The van der Waals surface area contributed by atoms with Gasteiger partial charge < -0.3 is 5.32 Å². The van der Waals surface area contributed by atoms with Crippen LogP contribution in [0.2, 0.25) is 0 Å². The number of hydrogen-bond acceptors (Lipinski definition) is 4. The lowest BCUT2D eigenvalue weighted by Gasteiger charge is -2.09. The standard InChI is InChI=1S/C17H21N3O3S/c21-17(18-10-15-8-9-24(22,23)13-15)7-6-14-11-19-20(12-14)16-4-2-1-3-5-16/h1-5,11-12,15H,6-10,13H2,(H,18,21)/t15-/m1/s1. The number of carbonyl (C=O) groups is 1. The van der Waals surface area contributed by atoms with Crippen molar-refractivity contribution in [1.29, 1.82) is 0 Å². The van der Waals surface area contributed by atoms with Crippen LogP contribution in [0.1, 0.15) is 18.4 Å². The summed E-state index contributed by atoms with van der Waals surface area (Å²) in [5, 5.41) is 7.15. The molecule has 0 saturated carbocycles. The van der Waals surface area contributed by atoms with E-state index in [1.165, 1.54) is 0 Å². The monoisotopic (exact) mass is 347 g/mol. The first-order valence-corrected chi connectivity index (χ1v) is 9.90. The van der Waals surface area contributed by atoms with Crippen molar-refractivity contribution in [3.63, 3.8) is 0 Å². The normalized spacial score (nSPS) is 19.2. The first-order chi connectivity index (χ1) is 11.5. The summed E-state index contributed by atoms with van der Waals surface area (Å²) in [5.41, 5.74) is 1.98. The van der Waals surface area contributed by atoms with E-state index in [9.17, 15) is 13.2 Å². The molecule has 0 aliphatic carbocycles. The van der Waals surface area contributed by atoms with Crippen molar-refractivity contribution in [3.8, 4) is 5.69 Å². The molecule has 1 aliphatic heterocycles. The smallest absolute Gasteiger partial charge is 0.220 e. The van der Waals surface area contributed by atoms with Crippen molar-refractivity contribution in [2.24, 2.45) is 5.92 Å². The van der Waals surface area contributed by atoms with E-state index in [4.69, 9.17) is 0 Å². The molecule has 24 heavy (non-hydrogen) atoms. The van der Waals surface area contributed by atoms with Crippen molar-refractivity contribution in [1.82, 2.24) is 15.1 Å². The highest BCUT2D eigenvalue weighted by atomic mass is 32.2. The molecular weight excluding hydrogens is 326 g/mol. The molecule has 0 unspecified atom stereocenters. The zero-order valence-electron chi connectivity index (χ0n) is 13.4. The van der Waals surface area contributed by atoms with Gasteiger partial charge in [-0.25, -0.2) is 13.1 Å². The summed E-state index contributed by atoms with van der Waals surface area (Å²) < 4.78 is 24.6. The first-order valence-electron chi connectivity index (χ1n) is 8.08.